The second-order valence-electron chi connectivity index (χ2n) is 3.79. The number of rotatable bonds is 0. The molecule has 1 N–H and O–H groups in total. The molecule has 0 spiro atoms. The Labute approximate surface area is 77.2 Å². The minimum absolute atomic E-state index is 0.0303. The quantitative estimate of drug-likeness (QED) is 0.657. The summed E-state index contributed by atoms with van der Waals surface area (Å²) >= 11 is 0. The van der Waals surface area contributed by atoms with Crippen LogP contribution in [0, 0.1) is 12.8 Å². The van der Waals surface area contributed by atoms with Gasteiger partial charge in [-0.2, -0.15) is 0 Å². The van der Waals surface area contributed by atoms with Crippen molar-refractivity contribution in [3.8, 4) is 5.75 Å². The summed E-state index contributed by atoms with van der Waals surface area (Å²) in [5.74, 6) is 0.250. The first kappa shape index (κ1) is 8.30. The molecule has 1 atom stereocenters. The zero-order chi connectivity index (χ0) is 9.59. The van der Waals surface area contributed by atoms with E-state index in [0.29, 0.717) is 5.56 Å². The highest BCUT2D eigenvalue weighted by molar-refractivity contribution is 6.04. The molecule has 1 aliphatic rings. The second-order valence-corrected chi connectivity index (χ2v) is 3.79. The monoisotopic (exact) mass is 176 g/mol. The zero-order valence-corrected chi connectivity index (χ0v) is 7.79. The first-order valence-electron chi connectivity index (χ1n) is 4.46. The fourth-order valence-corrected chi connectivity index (χ4v) is 1.96. The molecule has 0 heterocycles. The number of Topliss-reactive ketones (excluding diaryl/α,β-unsaturated/α-hetero) is 1. The van der Waals surface area contributed by atoms with Crippen LogP contribution in [0.3, 0.4) is 0 Å². The van der Waals surface area contributed by atoms with Crippen LogP contribution in [0.5, 0.6) is 5.75 Å². The Balaban J connectivity index is 2.64. The number of aromatic hydroxyl groups is 1. The van der Waals surface area contributed by atoms with Gasteiger partial charge in [0.25, 0.3) is 0 Å². The van der Waals surface area contributed by atoms with Crippen LogP contribution in [0.25, 0.3) is 0 Å². The molecular weight excluding hydrogens is 164 g/mol. The second kappa shape index (κ2) is 2.59. The van der Waals surface area contributed by atoms with E-state index >= 15 is 0 Å². The van der Waals surface area contributed by atoms with Crippen molar-refractivity contribution in [1.82, 2.24) is 0 Å². The Bertz CT molecular complexity index is 380. The number of aryl methyl sites for hydroxylation is 1. The van der Waals surface area contributed by atoms with Crippen LogP contribution in [0.4, 0.5) is 0 Å². The Morgan fingerprint density at radius 1 is 1.46 bits per heavy atom. The van der Waals surface area contributed by atoms with Crippen molar-refractivity contribution in [3.63, 3.8) is 0 Å². The first-order valence-corrected chi connectivity index (χ1v) is 4.46. The average molecular weight is 176 g/mol. The number of fused-ring (bicyclic) bond motifs is 1. The minimum atomic E-state index is 0.0303. The molecule has 1 unspecified atom stereocenters. The first-order chi connectivity index (χ1) is 6.09. The number of phenolic OH excluding ortho intramolecular Hbond substituents is 1. The van der Waals surface area contributed by atoms with E-state index in [1.165, 1.54) is 0 Å². The third kappa shape index (κ3) is 1.13. The molecule has 2 heteroatoms. The summed E-state index contributed by atoms with van der Waals surface area (Å²) in [5, 5.41) is 9.58. The van der Waals surface area contributed by atoms with Gasteiger partial charge in [0, 0.05) is 5.92 Å². The zero-order valence-electron chi connectivity index (χ0n) is 7.79. The van der Waals surface area contributed by atoms with E-state index in [0.717, 1.165) is 17.5 Å². The SMILES string of the molecule is Cc1cc(O)c2c(c1)CC(C)C2=O. The van der Waals surface area contributed by atoms with Gasteiger partial charge in [-0.3, -0.25) is 4.79 Å². The van der Waals surface area contributed by atoms with Gasteiger partial charge in [-0.05, 0) is 30.5 Å². The fourth-order valence-electron chi connectivity index (χ4n) is 1.96. The van der Waals surface area contributed by atoms with Gasteiger partial charge in [0.15, 0.2) is 5.78 Å². The van der Waals surface area contributed by atoms with Crippen molar-refractivity contribution in [2.45, 2.75) is 20.3 Å². The van der Waals surface area contributed by atoms with E-state index in [9.17, 15) is 9.90 Å². The van der Waals surface area contributed by atoms with Gasteiger partial charge < -0.3 is 5.11 Å². The summed E-state index contributed by atoms with van der Waals surface area (Å²) in [6, 6.07) is 3.63. The van der Waals surface area contributed by atoms with Crippen molar-refractivity contribution in [3.05, 3.63) is 28.8 Å². The van der Waals surface area contributed by atoms with E-state index in [1.807, 2.05) is 19.9 Å². The topological polar surface area (TPSA) is 37.3 Å². The molecule has 0 aliphatic heterocycles. The van der Waals surface area contributed by atoms with Crippen LogP contribution in [-0.2, 0) is 6.42 Å². The average Bonchev–Trinajstić information content (AvgIpc) is 2.27. The van der Waals surface area contributed by atoms with Gasteiger partial charge in [-0.25, -0.2) is 0 Å². The number of phenols is 1. The molecule has 0 bridgehead atoms. The lowest BCUT2D eigenvalue weighted by atomic mass is 10.1. The summed E-state index contributed by atoms with van der Waals surface area (Å²) in [5.41, 5.74) is 2.55. The normalized spacial score (nSPS) is 20.5. The third-order valence-electron chi connectivity index (χ3n) is 2.56. The predicted molar refractivity (Wildman–Crippen MR) is 50.0 cm³/mol. The Hall–Kier alpha value is -1.31. The minimum Gasteiger partial charge on any atom is -0.507 e. The lowest BCUT2D eigenvalue weighted by Crippen LogP contribution is -2.03. The largest absolute Gasteiger partial charge is 0.507 e. The molecule has 1 aromatic carbocycles. The van der Waals surface area contributed by atoms with Crippen LogP contribution in [0.1, 0.15) is 28.4 Å². The number of carbonyl (C=O) groups excluding carboxylic acids is 1. The lowest BCUT2D eigenvalue weighted by molar-refractivity contribution is 0.0944. The number of benzene rings is 1. The molecule has 0 amide bonds. The van der Waals surface area contributed by atoms with Crippen molar-refractivity contribution in [2.24, 2.45) is 5.92 Å². The maximum Gasteiger partial charge on any atom is 0.169 e. The molecule has 1 aliphatic carbocycles. The molecule has 68 valence electrons. The van der Waals surface area contributed by atoms with Crippen molar-refractivity contribution >= 4 is 5.78 Å². The Morgan fingerprint density at radius 2 is 2.15 bits per heavy atom. The molecule has 0 aromatic heterocycles. The smallest absolute Gasteiger partial charge is 0.169 e. The van der Waals surface area contributed by atoms with Crippen LogP contribution in [0.2, 0.25) is 0 Å². The van der Waals surface area contributed by atoms with Crippen LogP contribution in [-0.4, -0.2) is 10.9 Å². The van der Waals surface area contributed by atoms with E-state index in [1.54, 1.807) is 6.07 Å². The van der Waals surface area contributed by atoms with Gasteiger partial charge in [0.2, 0.25) is 0 Å². The summed E-state index contributed by atoms with van der Waals surface area (Å²) in [6.45, 7) is 3.82. The summed E-state index contributed by atoms with van der Waals surface area (Å²) in [4.78, 5) is 11.6. The maximum absolute atomic E-state index is 11.6. The predicted octanol–water partition coefficient (Wildman–Crippen LogP) is 2.08. The van der Waals surface area contributed by atoms with Crippen LogP contribution in [0.15, 0.2) is 12.1 Å². The molecule has 0 fully saturated rings. The standard InChI is InChI=1S/C11H12O2/c1-6-3-8-5-7(2)11(13)10(8)9(12)4-6/h3-4,7,12H,5H2,1-2H3. The number of ketones is 1. The molecule has 2 rings (SSSR count). The van der Waals surface area contributed by atoms with Crippen molar-refractivity contribution in [1.29, 1.82) is 0 Å². The maximum atomic E-state index is 11.6. The molecule has 1 aromatic rings. The van der Waals surface area contributed by atoms with Gasteiger partial charge in [0.1, 0.15) is 5.75 Å². The lowest BCUT2D eigenvalue weighted by Gasteiger charge is -2.02. The number of hydrogen-bond donors (Lipinski definition) is 1. The summed E-state index contributed by atoms with van der Waals surface area (Å²) in [7, 11) is 0. The molecule has 0 radical (unpaired) electrons. The Kier molecular flexibility index (Phi) is 1.65. The van der Waals surface area contributed by atoms with Gasteiger partial charge in [0.05, 0.1) is 5.56 Å². The highest BCUT2D eigenvalue weighted by Crippen LogP contribution is 2.33. The molecule has 0 saturated heterocycles. The third-order valence-corrected chi connectivity index (χ3v) is 2.56. The van der Waals surface area contributed by atoms with E-state index in [-0.39, 0.29) is 17.5 Å². The molecule has 2 nitrogen and oxygen atoms in total. The molecule has 0 saturated carbocycles. The summed E-state index contributed by atoms with van der Waals surface area (Å²) < 4.78 is 0. The highest BCUT2D eigenvalue weighted by Gasteiger charge is 2.29. The van der Waals surface area contributed by atoms with Crippen molar-refractivity contribution < 1.29 is 9.90 Å². The van der Waals surface area contributed by atoms with Gasteiger partial charge >= 0.3 is 0 Å². The van der Waals surface area contributed by atoms with E-state index in [2.05, 4.69) is 0 Å². The summed E-state index contributed by atoms with van der Waals surface area (Å²) in [6.07, 6.45) is 0.767. The number of carbonyl (C=O) groups is 1. The number of hydrogen-bond acceptors (Lipinski definition) is 2. The Morgan fingerprint density at radius 3 is 2.85 bits per heavy atom. The van der Waals surface area contributed by atoms with Gasteiger partial charge in [-0.1, -0.05) is 13.0 Å². The van der Waals surface area contributed by atoms with Gasteiger partial charge in [-0.15, -0.1) is 0 Å². The molecule has 13 heavy (non-hydrogen) atoms. The fraction of sp³-hybridized carbons (Fsp3) is 0.364. The highest BCUT2D eigenvalue weighted by atomic mass is 16.3. The van der Waals surface area contributed by atoms with Crippen LogP contribution >= 0.6 is 0 Å². The van der Waals surface area contributed by atoms with E-state index < -0.39 is 0 Å². The van der Waals surface area contributed by atoms with E-state index in [4.69, 9.17) is 0 Å². The van der Waals surface area contributed by atoms with Crippen molar-refractivity contribution in [2.75, 3.05) is 0 Å². The van der Waals surface area contributed by atoms with Crippen LogP contribution < -0.4 is 0 Å². The molecular formula is C11H12O2.